The molecular formula is C19H31NO5. The number of hydrogen-bond acceptors (Lipinski definition) is 6. The summed E-state index contributed by atoms with van der Waals surface area (Å²) >= 11 is 0. The molecule has 0 unspecified atom stereocenters. The summed E-state index contributed by atoms with van der Waals surface area (Å²) < 4.78 is 18.6. The first-order valence-corrected chi connectivity index (χ1v) is 10.1. The lowest BCUT2D eigenvalue weighted by Crippen LogP contribution is -2.72. The van der Waals surface area contributed by atoms with Crippen molar-refractivity contribution in [2.24, 2.45) is 23.7 Å². The first kappa shape index (κ1) is 16.9. The Morgan fingerprint density at radius 3 is 2.56 bits per heavy atom. The molecule has 0 N–H and O–H groups in total. The molecule has 1 aliphatic carbocycles. The second-order valence-electron chi connectivity index (χ2n) is 8.94. The minimum Gasteiger partial charge on any atom is -0.379 e. The van der Waals surface area contributed by atoms with Gasteiger partial charge in [-0.25, -0.2) is 9.78 Å². The molecular weight excluding hydrogens is 322 g/mol. The summed E-state index contributed by atoms with van der Waals surface area (Å²) in [5.74, 6) is 1.16. The van der Waals surface area contributed by atoms with Crippen molar-refractivity contribution in [1.82, 2.24) is 4.90 Å². The van der Waals surface area contributed by atoms with Crippen LogP contribution in [-0.2, 0) is 24.0 Å². The fraction of sp³-hybridized carbons (Fsp3) is 1.00. The third kappa shape index (κ3) is 2.38. The Hall–Kier alpha value is -0.240. The van der Waals surface area contributed by atoms with Crippen molar-refractivity contribution >= 4 is 0 Å². The molecule has 5 aliphatic heterocycles. The molecule has 1 spiro atoms. The Morgan fingerprint density at radius 1 is 0.960 bits per heavy atom. The van der Waals surface area contributed by atoms with Gasteiger partial charge in [-0.05, 0) is 38.0 Å². The zero-order valence-corrected chi connectivity index (χ0v) is 15.6. The second kappa shape index (κ2) is 5.88. The van der Waals surface area contributed by atoms with E-state index in [2.05, 4.69) is 18.7 Å². The van der Waals surface area contributed by atoms with Crippen LogP contribution in [0.3, 0.4) is 0 Å². The molecule has 0 radical (unpaired) electrons. The number of nitrogens with zero attached hydrogens (tertiary/aromatic N) is 1. The van der Waals surface area contributed by atoms with Gasteiger partial charge in [0, 0.05) is 31.3 Å². The van der Waals surface area contributed by atoms with Gasteiger partial charge in [0.05, 0.1) is 13.2 Å². The minimum absolute atomic E-state index is 0.0742. The molecule has 5 saturated heterocycles. The Labute approximate surface area is 150 Å². The molecule has 0 aromatic heterocycles. The van der Waals surface area contributed by atoms with Crippen LogP contribution in [0.4, 0.5) is 0 Å². The first-order chi connectivity index (χ1) is 12.0. The standard InChI is InChI=1S/C19H31NO5/c1-12-4-5-15-13(2)16(20-8-10-21-11-9-20)22-17-19(15)14(12)6-7-18(3,23-17)24-25-19/h12-17H,4-11H2,1-3H3/t12-,13-,14+,15+,16-,17-,18-,19-/m1/s1. The quantitative estimate of drug-likeness (QED) is 0.675. The third-order valence-corrected chi connectivity index (χ3v) is 7.53. The van der Waals surface area contributed by atoms with Crippen LogP contribution in [0, 0.1) is 23.7 Å². The lowest BCUT2D eigenvalue weighted by molar-refractivity contribution is -0.574. The first-order valence-electron chi connectivity index (χ1n) is 10.1. The number of ether oxygens (including phenoxy) is 3. The Balaban J connectivity index is 1.52. The molecule has 6 nitrogen and oxygen atoms in total. The molecule has 6 fully saturated rings. The number of hydrogen-bond donors (Lipinski definition) is 0. The van der Waals surface area contributed by atoms with Crippen molar-refractivity contribution < 1.29 is 24.0 Å². The highest BCUT2D eigenvalue weighted by Gasteiger charge is 2.69. The predicted octanol–water partition coefficient (Wildman–Crippen LogP) is 2.53. The monoisotopic (exact) mass is 353 g/mol. The van der Waals surface area contributed by atoms with Crippen LogP contribution in [-0.4, -0.2) is 55.1 Å². The van der Waals surface area contributed by atoms with Crippen molar-refractivity contribution in [3.63, 3.8) is 0 Å². The molecule has 6 heteroatoms. The van der Waals surface area contributed by atoms with Gasteiger partial charge in [-0.3, -0.25) is 4.90 Å². The lowest BCUT2D eigenvalue weighted by atomic mass is 9.58. The maximum absolute atomic E-state index is 6.64. The number of fused-ring (bicyclic) bond motifs is 2. The largest absolute Gasteiger partial charge is 0.379 e. The van der Waals surface area contributed by atoms with Crippen LogP contribution in [0.1, 0.15) is 46.5 Å². The second-order valence-corrected chi connectivity index (χ2v) is 8.94. The Kier molecular flexibility index (Phi) is 3.97. The minimum atomic E-state index is -0.687. The molecule has 5 heterocycles. The van der Waals surface area contributed by atoms with E-state index in [9.17, 15) is 0 Å². The van der Waals surface area contributed by atoms with Gasteiger partial charge in [0.15, 0.2) is 11.9 Å². The van der Waals surface area contributed by atoms with Crippen molar-refractivity contribution in [1.29, 1.82) is 0 Å². The fourth-order valence-electron chi connectivity index (χ4n) is 6.14. The summed E-state index contributed by atoms with van der Waals surface area (Å²) in [6, 6.07) is 0. The summed E-state index contributed by atoms with van der Waals surface area (Å²) in [6.45, 7) is 10.1. The van der Waals surface area contributed by atoms with E-state index >= 15 is 0 Å². The van der Waals surface area contributed by atoms with E-state index in [0.717, 1.165) is 45.6 Å². The van der Waals surface area contributed by atoms with E-state index in [1.165, 1.54) is 6.42 Å². The average Bonchev–Trinajstić information content (AvgIpc) is 2.85. The fourth-order valence-corrected chi connectivity index (χ4v) is 6.14. The van der Waals surface area contributed by atoms with Gasteiger partial charge in [0.2, 0.25) is 5.79 Å². The van der Waals surface area contributed by atoms with Crippen LogP contribution < -0.4 is 0 Å². The highest BCUT2D eigenvalue weighted by atomic mass is 17.3. The van der Waals surface area contributed by atoms with Gasteiger partial charge < -0.3 is 14.2 Å². The number of morpholine rings is 1. The molecule has 1 saturated carbocycles. The summed E-state index contributed by atoms with van der Waals surface area (Å²) in [4.78, 5) is 14.5. The molecule has 6 rings (SSSR count). The summed E-state index contributed by atoms with van der Waals surface area (Å²) in [6.07, 6.45) is 4.10. The zero-order valence-electron chi connectivity index (χ0n) is 15.6. The van der Waals surface area contributed by atoms with E-state index in [0.29, 0.717) is 23.7 Å². The van der Waals surface area contributed by atoms with E-state index in [-0.39, 0.29) is 12.5 Å². The highest BCUT2D eigenvalue weighted by molar-refractivity contribution is 5.09. The van der Waals surface area contributed by atoms with Crippen molar-refractivity contribution in [2.45, 2.75) is 70.4 Å². The van der Waals surface area contributed by atoms with E-state index in [1.54, 1.807) is 0 Å². The van der Waals surface area contributed by atoms with Gasteiger partial charge in [0.25, 0.3) is 0 Å². The molecule has 0 amide bonds. The van der Waals surface area contributed by atoms with Crippen LogP contribution in [0.25, 0.3) is 0 Å². The molecule has 6 aliphatic rings. The smallest absolute Gasteiger partial charge is 0.201 e. The Bertz CT molecular complexity index is 526. The topological polar surface area (TPSA) is 49.4 Å². The van der Waals surface area contributed by atoms with Crippen LogP contribution >= 0.6 is 0 Å². The molecule has 8 atom stereocenters. The molecule has 2 bridgehead atoms. The summed E-state index contributed by atoms with van der Waals surface area (Å²) in [7, 11) is 0. The van der Waals surface area contributed by atoms with E-state index in [1.807, 2.05) is 6.92 Å². The predicted molar refractivity (Wildman–Crippen MR) is 89.2 cm³/mol. The van der Waals surface area contributed by atoms with Crippen LogP contribution in [0.5, 0.6) is 0 Å². The van der Waals surface area contributed by atoms with Gasteiger partial charge in [-0.1, -0.05) is 13.8 Å². The van der Waals surface area contributed by atoms with Crippen LogP contribution in [0.15, 0.2) is 0 Å². The SMILES string of the molecule is C[C@H]1[C@H](N2CCOCC2)O[C@@H]2O[C@@]3(C)CC[C@H]4[C@H](C)CC[C@@H]1[C@@]24OO3. The maximum atomic E-state index is 6.64. The lowest BCUT2D eigenvalue weighted by Gasteiger charge is -2.61. The third-order valence-electron chi connectivity index (χ3n) is 7.53. The zero-order chi connectivity index (χ0) is 17.2. The molecule has 0 aromatic rings. The van der Waals surface area contributed by atoms with Gasteiger partial charge in [-0.15, -0.1) is 0 Å². The van der Waals surface area contributed by atoms with Gasteiger partial charge in [-0.2, -0.15) is 0 Å². The normalized spacial score (nSPS) is 56.3. The Morgan fingerprint density at radius 2 is 1.76 bits per heavy atom. The van der Waals surface area contributed by atoms with Crippen molar-refractivity contribution in [3.05, 3.63) is 0 Å². The summed E-state index contributed by atoms with van der Waals surface area (Å²) in [5, 5.41) is 0. The van der Waals surface area contributed by atoms with E-state index in [4.69, 9.17) is 24.0 Å². The van der Waals surface area contributed by atoms with E-state index < -0.39 is 11.4 Å². The molecule has 25 heavy (non-hydrogen) atoms. The molecule has 0 aromatic carbocycles. The summed E-state index contributed by atoms with van der Waals surface area (Å²) in [5.41, 5.74) is -0.449. The number of rotatable bonds is 1. The van der Waals surface area contributed by atoms with Gasteiger partial charge >= 0.3 is 0 Å². The van der Waals surface area contributed by atoms with Crippen LogP contribution in [0.2, 0.25) is 0 Å². The van der Waals surface area contributed by atoms with Gasteiger partial charge in [0.1, 0.15) is 6.23 Å². The average molecular weight is 353 g/mol. The molecule has 142 valence electrons. The maximum Gasteiger partial charge on any atom is 0.201 e. The van der Waals surface area contributed by atoms with Crippen molar-refractivity contribution in [3.8, 4) is 0 Å². The van der Waals surface area contributed by atoms with Crippen molar-refractivity contribution in [2.75, 3.05) is 26.3 Å². The highest BCUT2D eigenvalue weighted by Crippen LogP contribution is 2.60.